The van der Waals surface area contributed by atoms with Crippen molar-refractivity contribution < 1.29 is 4.42 Å². The molecule has 0 amide bonds. The number of furan rings is 1. The van der Waals surface area contributed by atoms with Crippen LogP contribution in [0.25, 0.3) is 0 Å². The maximum atomic E-state index is 6.16. The van der Waals surface area contributed by atoms with Crippen LogP contribution in [-0.4, -0.2) is 18.0 Å². The zero-order valence-electron chi connectivity index (χ0n) is 11.2. The molecule has 19 heavy (non-hydrogen) atoms. The summed E-state index contributed by atoms with van der Waals surface area (Å²) in [6.45, 7) is 2.86. The van der Waals surface area contributed by atoms with Crippen molar-refractivity contribution in [2.75, 3.05) is 7.05 Å². The molecule has 0 fully saturated rings. The Bertz CT molecular complexity index is 493. The Morgan fingerprint density at radius 2 is 1.95 bits per heavy atom. The third-order valence-corrected chi connectivity index (χ3v) is 3.73. The number of rotatable bonds is 5. The van der Waals surface area contributed by atoms with Gasteiger partial charge in [0.2, 0.25) is 0 Å². The molecule has 4 heteroatoms. The van der Waals surface area contributed by atoms with Crippen LogP contribution in [0.15, 0.2) is 51.7 Å². The smallest absolute Gasteiger partial charge is 0.0947 e. The summed E-state index contributed by atoms with van der Waals surface area (Å²) < 4.78 is 6.19. The zero-order valence-corrected chi connectivity index (χ0v) is 12.8. The standard InChI is InChI=1S/C15H19BrN2O/c1-11(17)15(13-3-5-14(16)6-4-13)18(2)9-12-7-8-19-10-12/h3-8,10-11,15H,9,17H2,1-2H3. The van der Waals surface area contributed by atoms with E-state index in [1.165, 1.54) is 5.56 Å². The molecule has 0 aliphatic rings. The first-order chi connectivity index (χ1) is 9.08. The van der Waals surface area contributed by atoms with Gasteiger partial charge >= 0.3 is 0 Å². The number of hydrogen-bond donors (Lipinski definition) is 1. The van der Waals surface area contributed by atoms with Crippen LogP contribution in [0, 0.1) is 0 Å². The van der Waals surface area contributed by atoms with Crippen molar-refractivity contribution in [2.24, 2.45) is 5.73 Å². The molecule has 2 N–H and O–H groups in total. The molecule has 0 saturated heterocycles. The lowest BCUT2D eigenvalue weighted by molar-refractivity contribution is 0.210. The fourth-order valence-corrected chi connectivity index (χ4v) is 2.65. The SMILES string of the molecule is CC(N)C(c1ccc(Br)cc1)N(C)Cc1ccoc1. The van der Waals surface area contributed by atoms with E-state index in [9.17, 15) is 0 Å². The van der Waals surface area contributed by atoms with Crippen molar-refractivity contribution in [2.45, 2.75) is 25.6 Å². The van der Waals surface area contributed by atoms with Gasteiger partial charge in [0.15, 0.2) is 0 Å². The van der Waals surface area contributed by atoms with Gasteiger partial charge in [-0.2, -0.15) is 0 Å². The van der Waals surface area contributed by atoms with Crippen LogP contribution in [-0.2, 0) is 6.54 Å². The van der Waals surface area contributed by atoms with Crippen LogP contribution in [0.3, 0.4) is 0 Å². The Morgan fingerprint density at radius 3 is 2.47 bits per heavy atom. The monoisotopic (exact) mass is 322 g/mol. The minimum atomic E-state index is 0.0538. The summed E-state index contributed by atoms with van der Waals surface area (Å²) in [5, 5.41) is 0. The molecule has 0 saturated carbocycles. The molecule has 0 aliphatic heterocycles. The molecule has 1 heterocycles. The van der Waals surface area contributed by atoms with E-state index < -0.39 is 0 Å². The fourth-order valence-electron chi connectivity index (χ4n) is 2.39. The van der Waals surface area contributed by atoms with E-state index in [4.69, 9.17) is 10.2 Å². The molecule has 2 aromatic rings. The Morgan fingerprint density at radius 1 is 1.26 bits per heavy atom. The van der Waals surface area contributed by atoms with Crippen LogP contribution >= 0.6 is 15.9 Å². The lowest BCUT2D eigenvalue weighted by Gasteiger charge is -2.31. The largest absolute Gasteiger partial charge is 0.472 e. The number of benzene rings is 1. The first-order valence-electron chi connectivity index (χ1n) is 6.30. The molecule has 1 aromatic carbocycles. The molecular formula is C15H19BrN2O. The van der Waals surface area contributed by atoms with Crippen molar-refractivity contribution in [3.8, 4) is 0 Å². The van der Waals surface area contributed by atoms with E-state index in [0.29, 0.717) is 0 Å². The average Bonchev–Trinajstić information content (AvgIpc) is 2.84. The lowest BCUT2D eigenvalue weighted by Crippen LogP contribution is -2.36. The second kappa shape index (κ2) is 6.37. The van der Waals surface area contributed by atoms with E-state index in [1.807, 2.05) is 13.0 Å². The summed E-state index contributed by atoms with van der Waals surface area (Å²) in [5.41, 5.74) is 8.54. The fraction of sp³-hybridized carbons (Fsp3) is 0.333. The van der Waals surface area contributed by atoms with E-state index in [2.05, 4.69) is 52.1 Å². The van der Waals surface area contributed by atoms with Crippen molar-refractivity contribution in [1.82, 2.24) is 4.90 Å². The number of hydrogen-bond acceptors (Lipinski definition) is 3. The summed E-state index contributed by atoms with van der Waals surface area (Å²) >= 11 is 3.46. The maximum Gasteiger partial charge on any atom is 0.0947 e. The van der Waals surface area contributed by atoms with Crippen molar-refractivity contribution >= 4 is 15.9 Å². The second-order valence-corrected chi connectivity index (χ2v) is 5.82. The maximum absolute atomic E-state index is 6.16. The van der Waals surface area contributed by atoms with Crippen LogP contribution < -0.4 is 5.73 Å². The summed E-state index contributed by atoms with van der Waals surface area (Å²) in [5.74, 6) is 0. The van der Waals surface area contributed by atoms with Crippen LogP contribution in [0.2, 0.25) is 0 Å². The molecule has 1 aromatic heterocycles. The summed E-state index contributed by atoms with van der Waals surface area (Å²) in [6, 6.07) is 10.6. The molecule has 2 unspecified atom stereocenters. The molecule has 102 valence electrons. The van der Waals surface area contributed by atoms with Crippen LogP contribution in [0.5, 0.6) is 0 Å². The minimum absolute atomic E-state index is 0.0538. The van der Waals surface area contributed by atoms with Gasteiger partial charge in [-0.05, 0) is 37.7 Å². The van der Waals surface area contributed by atoms with Crippen molar-refractivity contribution in [3.63, 3.8) is 0 Å². The van der Waals surface area contributed by atoms with Gasteiger partial charge in [-0.3, -0.25) is 4.90 Å². The molecule has 0 bridgehead atoms. The first kappa shape index (κ1) is 14.3. The Hall–Kier alpha value is -1.10. The van der Waals surface area contributed by atoms with E-state index in [1.54, 1.807) is 12.5 Å². The zero-order chi connectivity index (χ0) is 13.8. The highest BCUT2D eigenvalue weighted by Crippen LogP contribution is 2.25. The van der Waals surface area contributed by atoms with E-state index in [-0.39, 0.29) is 12.1 Å². The normalized spacial score (nSPS) is 14.6. The molecule has 0 radical (unpaired) electrons. The Kier molecular flexibility index (Phi) is 4.80. The number of halogens is 1. The number of likely N-dealkylation sites (N-methyl/N-ethyl adjacent to an activating group) is 1. The molecule has 2 atom stereocenters. The lowest BCUT2D eigenvalue weighted by atomic mass is 9.99. The Labute approximate surface area is 122 Å². The van der Waals surface area contributed by atoms with Gasteiger partial charge in [0.1, 0.15) is 0 Å². The highest BCUT2D eigenvalue weighted by molar-refractivity contribution is 9.10. The minimum Gasteiger partial charge on any atom is -0.472 e. The first-order valence-corrected chi connectivity index (χ1v) is 7.09. The molecular weight excluding hydrogens is 304 g/mol. The Balaban J connectivity index is 2.17. The predicted molar refractivity (Wildman–Crippen MR) is 80.7 cm³/mol. The highest BCUT2D eigenvalue weighted by Gasteiger charge is 2.21. The summed E-state index contributed by atoms with van der Waals surface area (Å²) in [7, 11) is 2.09. The molecule has 0 spiro atoms. The van der Waals surface area contributed by atoms with Gasteiger partial charge in [-0.1, -0.05) is 28.1 Å². The number of nitrogens with two attached hydrogens (primary N) is 1. The van der Waals surface area contributed by atoms with Crippen molar-refractivity contribution in [1.29, 1.82) is 0 Å². The van der Waals surface area contributed by atoms with Crippen LogP contribution in [0.4, 0.5) is 0 Å². The summed E-state index contributed by atoms with van der Waals surface area (Å²) in [6.07, 6.45) is 3.47. The molecule has 3 nitrogen and oxygen atoms in total. The van der Waals surface area contributed by atoms with Gasteiger partial charge in [0.05, 0.1) is 12.5 Å². The predicted octanol–water partition coefficient (Wildman–Crippen LogP) is 3.56. The van der Waals surface area contributed by atoms with Crippen molar-refractivity contribution in [3.05, 3.63) is 58.5 Å². The van der Waals surface area contributed by atoms with Crippen LogP contribution in [0.1, 0.15) is 24.1 Å². The number of nitrogens with zero attached hydrogens (tertiary/aromatic N) is 1. The quantitative estimate of drug-likeness (QED) is 0.915. The van der Waals surface area contributed by atoms with Gasteiger partial charge < -0.3 is 10.2 Å². The van der Waals surface area contributed by atoms with Gasteiger partial charge in [0.25, 0.3) is 0 Å². The highest BCUT2D eigenvalue weighted by atomic mass is 79.9. The topological polar surface area (TPSA) is 42.4 Å². The summed E-state index contributed by atoms with van der Waals surface area (Å²) in [4.78, 5) is 2.25. The van der Waals surface area contributed by atoms with Gasteiger partial charge in [0, 0.05) is 28.7 Å². The third-order valence-electron chi connectivity index (χ3n) is 3.20. The average molecular weight is 323 g/mol. The second-order valence-electron chi connectivity index (χ2n) is 4.90. The molecule has 0 aliphatic carbocycles. The van der Waals surface area contributed by atoms with E-state index >= 15 is 0 Å². The van der Waals surface area contributed by atoms with E-state index in [0.717, 1.165) is 16.6 Å². The third kappa shape index (κ3) is 3.69. The van der Waals surface area contributed by atoms with Gasteiger partial charge in [-0.25, -0.2) is 0 Å². The molecule has 2 rings (SSSR count). The van der Waals surface area contributed by atoms with Gasteiger partial charge in [-0.15, -0.1) is 0 Å².